The number of anilines is 1. The van der Waals surface area contributed by atoms with Crippen LogP contribution in [-0.2, 0) is 0 Å². The van der Waals surface area contributed by atoms with Crippen molar-refractivity contribution in [3.8, 4) is 16.8 Å². The molecule has 0 saturated heterocycles. The maximum Gasteiger partial charge on any atom is 0.344 e. The van der Waals surface area contributed by atoms with Gasteiger partial charge in [0.25, 0.3) is 5.91 Å². The van der Waals surface area contributed by atoms with Crippen LogP contribution in [0, 0.1) is 6.92 Å². The number of fused-ring (bicyclic) bond motifs is 2. The fourth-order valence-corrected chi connectivity index (χ4v) is 4.05. The largest absolute Gasteiger partial charge is 0.422 e. The van der Waals surface area contributed by atoms with Crippen molar-refractivity contribution in [2.75, 3.05) is 5.32 Å². The third-order valence-corrected chi connectivity index (χ3v) is 6.00. The average Bonchev–Trinajstić information content (AvgIpc) is 3.32. The smallest absolute Gasteiger partial charge is 0.344 e. The van der Waals surface area contributed by atoms with Gasteiger partial charge in [0, 0.05) is 16.6 Å². The van der Waals surface area contributed by atoms with E-state index in [4.69, 9.17) is 4.42 Å². The van der Waals surface area contributed by atoms with Gasteiger partial charge < -0.3 is 9.73 Å². The van der Waals surface area contributed by atoms with Crippen LogP contribution in [0.15, 0.2) is 106 Å². The maximum absolute atomic E-state index is 12.9. The zero-order valence-corrected chi connectivity index (χ0v) is 19.3. The van der Waals surface area contributed by atoms with Gasteiger partial charge in [-0.2, -0.15) is 4.80 Å². The van der Waals surface area contributed by atoms with Gasteiger partial charge >= 0.3 is 5.63 Å². The van der Waals surface area contributed by atoms with Crippen LogP contribution < -0.4 is 10.9 Å². The van der Waals surface area contributed by atoms with Crippen molar-refractivity contribution >= 4 is 33.6 Å². The molecule has 0 spiro atoms. The van der Waals surface area contributed by atoms with Gasteiger partial charge in [-0.1, -0.05) is 48.0 Å². The highest BCUT2D eigenvalue weighted by atomic mass is 16.4. The van der Waals surface area contributed by atoms with Crippen molar-refractivity contribution in [3.05, 3.63) is 119 Å². The molecule has 1 amide bonds. The van der Waals surface area contributed by atoms with Crippen LogP contribution in [0.2, 0.25) is 0 Å². The van der Waals surface area contributed by atoms with E-state index in [1.807, 2.05) is 55.5 Å². The Balaban J connectivity index is 1.22. The number of hydrogen-bond acceptors (Lipinski definition) is 5. The van der Waals surface area contributed by atoms with Crippen molar-refractivity contribution in [3.63, 3.8) is 0 Å². The summed E-state index contributed by atoms with van der Waals surface area (Å²) >= 11 is 0. The summed E-state index contributed by atoms with van der Waals surface area (Å²) in [6.07, 6.45) is 0. The minimum absolute atomic E-state index is 0.266. The summed E-state index contributed by atoms with van der Waals surface area (Å²) in [6, 6.07) is 29.4. The minimum Gasteiger partial charge on any atom is -0.422 e. The van der Waals surface area contributed by atoms with Gasteiger partial charge in [-0.15, -0.1) is 10.2 Å². The third kappa shape index (κ3) is 4.03. The summed E-state index contributed by atoms with van der Waals surface area (Å²) in [5.41, 5.74) is 5.75. The highest BCUT2D eigenvalue weighted by Crippen LogP contribution is 2.23. The van der Waals surface area contributed by atoms with E-state index in [9.17, 15) is 9.59 Å². The van der Waals surface area contributed by atoms with Crippen LogP contribution in [0.4, 0.5) is 5.69 Å². The van der Waals surface area contributed by atoms with Crippen LogP contribution >= 0.6 is 0 Å². The van der Waals surface area contributed by atoms with E-state index in [0.717, 1.165) is 22.2 Å². The topological polar surface area (TPSA) is 90.0 Å². The zero-order chi connectivity index (χ0) is 24.6. The molecular formula is C29H20N4O3. The first kappa shape index (κ1) is 21.5. The number of nitrogens with zero attached hydrogens (tertiary/aromatic N) is 3. The Bertz CT molecular complexity index is 1800. The molecule has 0 atom stereocenters. The van der Waals surface area contributed by atoms with Crippen LogP contribution in [0.5, 0.6) is 0 Å². The molecule has 174 valence electrons. The van der Waals surface area contributed by atoms with E-state index in [1.54, 1.807) is 53.3 Å². The first-order valence-corrected chi connectivity index (χ1v) is 11.4. The van der Waals surface area contributed by atoms with Gasteiger partial charge in [0.05, 0.1) is 11.3 Å². The number of rotatable bonds is 4. The van der Waals surface area contributed by atoms with E-state index in [-0.39, 0.29) is 5.91 Å². The summed E-state index contributed by atoms with van der Waals surface area (Å²) in [7, 11) is 0. The average molecular weight is 473 g/mol. The lowest BCUT2D eigenvalue weighted by molar-refractivity contribution is 0.102. The molecule has 0 aliphatic heterocycles. The lowest BCUT2D eigenvalue weighted by Crippen LogP contribution is -2.11. The molecule has 2 aromatic heterocycles. The number of aryl methyl sites for hydroxylation is 1. The quantitative estimate of drug-likeness (QED) is 0.330. The SMILES string of the molecule is Cc1ccc(-n2nc3ccc(NC(=O)c4ccc(-c5cc6ccccc6oc5=O)cc4)cc3n2)cc1. The van der Waals surface area contributed by atoms with E-state index in [1.165, 1.54) is 0 Å². The lowest BCUT2D eigenvalue weighted by Gasteiger charge is -2.07. The number of benzene rings is 4. The second kappa shape index (κ2) is 8.63. The van der Waals surface area contributed by atoms with Gasteiger partial charge in [-0.05, 0) is 67.1 Å². The molecule has 2 heterocycles. The number of nitrogens with one attached hydrogen (secondary N) is 1. The van der Waals surface area contributed by atoms with Crippen LogP contribution in [0.1, 0.15) is 15.9 Å². The summed E-state index contributed by atoms with van der Waals surface area (Å²) in [6.45, 7) is 2.03. The van der Waals surface area contributed by atoms with Gasteiger partial charge in [-0.25, -0.2) is 4.79 Å². The number of para-hydroxylation sites is 1. The number of aromatic nitrogens is 3. The highest BCUT2D eigenvalue weighted by molar-refractivity contribution is 6.05. The van der Waals surface area contributed by atoms with Gasteiger partial charge in [0.2, 0.25) is 0 Å². The van der Waals surface area contributed by atoms with E-state index < -0.39 is 5.63 Å². The lowest BCUT2D eigenvalue weighted by atomic mass is 10.0. The zero-order valence-electron chi connectivity index (χ0n) is 19.3. The molecule has 0 fully saturated rings. The Morgan fingerprint density at radius 3 is 2.39 bits per heavy atom. The van der Waals surface area contributed by atoms with E-state index in [0.29, 0.717) is 33.5 Å². The molecule has 6 rings (SSSR count). The Hall–Kier alpha value is -5.04. The molecule has 0 unspecified atom stereocenters. The first-order chi connectivity index (χ1) is 17.5. The Morgan fingerprint density at radius 2 is 1.58 bits per heavy atom. The number of hydrogen-bond donors (Lipinski definition) is 1. The van der Waals surface area contributed by atoms with Crippen molar-refractivity contribution in [1.82, 2.24) is 15.0 Å². The van der Waals surface area contributed by atoms with Gasteiger partial charge in [-0.3, -0.25) is 4.79 Å². The van der Waals surface area contributed by atoms with Crippen LogP contribution in [-0.4, -0.2) is 20.9 Å². The third-order valence-electron chi connectivity index (χ3n) is 6.00. The van der Waals surface area contributed by atoms with Gasteiger partial charge in [0.1, 0.15) is 16.6 Å². The predicted octanol–water partition coefficient (Wildman–Crippen LogP) is 5.75. The van der Waals surface area contributed by atoms with Crippen molar-refractivity contribution in [1.29, 1.82) is 0 Å². The maximum atomic E-state index is 12.9. The summed E-state index contributed by atoms with van der Waals surface area (Å²) in [4.78, 5) is 26.9. The summed E-state index contributed by atoms with van der Waals surface area (Å²) in [5.74, 6) is -0.266. The van der Waals surface area contributed by atoms with Gasteiger partial charge in [0.15, 0.2) is 0 Å². The molecule has 7 heteroatoms. The Labute approximate surface area is 205 Å². The summed E-state index contributed by atoms with van der Waals surface area (Å²) < 4.78 is 5.43. The Kier molecular flexibility index (Phi) is 5.15. The second-order valence-electron chi connectivity index (χ2n) is 8.55. The standard InChI is InChI=1S/C29H20N4O3/c1-18-6-13-23(14-7-18)33-31-25-15-12-22(17-26(25)32-33)30-28(34)20-10-8-19(9-11-20)24-16-21-4-2-3-5-27(21)36-29(24)35/h2-17H,1H3,(H,30,34). The first-order valence-electron chi connectivity index (χ1n) is 11.4. The highest BCUT2D eigenvalue weighted by Gasteiger charge is 2.12. The van der Waals surface area contributed by atoms with Crippen LogP contribution in [0.3, 0.4) is 0 Å². The van der Waals surface area contributed by atoms with Crippen molar-refractivity contribution in [2.45, 2.75) is 6.92 Å². The number of amides is 1. The second-order valence-corrected chi connectivity index (χ2v) is 8.55. The molecule has 0 saturated carbocycles. The fraction of sp³-hybridized carbons (Fsp3) is 0.0345. The fourth-order valence-electron chi connectivity index (χ4n) is 4.05. The molecule has 6 aromatic rings. The summed E-state index contributed by atoms with van der Waals surface area (Å²) in [5, 5.41) is 12.8. The predicted molar refractivity (Wildman–Crippen MR) is 139 cm³/mol. The molecule has 7 nitrogen and oxygen atoms in total. The molecule has 36 heavy (non-hydrogen) atoms. The molecule has 4 aromatic carbocycles. The number of carbonyl (C=O) groups is 1. The van der Waals surface area contributed by atoms with Crippen molar-refractivity contribution in [2.24, 2.45) is 0 Å². The van der Waals surface area contributed by atoms with E-state index in [2.05, 4.69) is 15.5 Å². The Morgan fingerprint density at radius 1 is 0.833 bits per heavy atom. The minimum atomic E-state index is -0.419. The molecule has 0 bridgehead atoms. The molecule has 1 N–H and O–H groups in total. The number of carbonyl (C=O) groups excluding carboxylic acids is 1. The molecule has 0 radical (unpaired) electrons. The monoisotopic (exact) mass is 472 g/mol. The van der Waals surface area contributed by atoms with E-state index >= 15 is 0 Å². The molecule has 0 aliphatic rings. The molecular weight excluding hydrogens is 452 g/mol. The van der Waals surface area contributed by atoms with Crippen molar-refractivity contribution < 1.29 is 9.21 Å². The molecule has 0 aliphatic carbocycles. The normalized spacial score (nSPS) is 11.1. The van der Waals surface area contributed by atoms with Crippen LogP contribution in [0.25, 0.3) is 38.8 Å².